The molecule has 2 heterocycles. The van der Waals surface area contributed by atoms with Gasteiger partial charge in [0, 0.05) is 13.1 Å². The molecule has 1 amide bonds. The molecule has 3 rings (SSSR count). The molecule has 1 saturated heterocycles. The maximum atomic E-state index is 13.3. The number of anilines is 1. The number of carbonyl (C=O) groups excluding carboxylic acids is 1. The smallest absolute Gasteiger partial charge is 0.248 e. The van der Waals surface area contributed by atoms with E-state index < -0.39 is 5.54 Å². The Kier molecular flexibility index (Phi) is 5.06. The van der Waals surface area contributed by atoms with Crippen LogP contribution < -0.4 is 5.32 Å². The zero-order valence-corrected chi connectivity index (χ0v) is 16.3. The minimum atomic E-state index is -0.529. The summed E-state index contributed by atoms with van der Waals surface area (Å²) in [5, 5.41) is 13.1. The number of nitriles is 1. The Labute approximate surface area is 154 Å². The van der Waals surface area contributed by atoms with Crippen molar-refractivity contribution in [2.75, 3.05) is 18.4 Å². The summed E-state index contributed by atoms with van der Waals surface area (Å²) in [5.74, 6) is 0.909. The molecule has 0 unspecified atom stereocenters. The number of carbonyl (C=O) groups is 1. The number of aromatic nitrogens is 1. The molecule has 25 heavy (non-hydrogen) atoms. The lowest BCUT2D eigenvalue weighted by molar-refractivity contribution is -0.137. The van der Waals surface area contributed by atoms with Gasteiger partial charge in [0.05, 0.1) is 6.20 Å². The number of hydrogen-bond donors (Lipinski definition) is 1. The van der Waals surface area contributed by atoms with Gasteiger partial charge < -0.3 is 10.2 Å². The summed E-state index contributed by atoms with van der Waals surface area (Å²) in [7, 11) is 0. The first-order valence-corrected chi connectivity index (χ1v) is 10.1. The molecule has 1 saturated carbocycles. The second-order valence-electron chi connectivity index (χ2n) is 8.49. The quantitative estimate of drug-likeness (QED) is 0.884. The molecule has 0 atom stereocenters. The number of thiazole rings is 1. The van der Waals surface area contributed by atoms with Crippen molar-refractivity contribution in [1.29, 1.82) is 5.26 Å². The lowest BCUT2D eigenvalue weighted by atomic mass is 9.75. The van der Waals surface area contributed by atoms with Crippen LogP contribution in [0, 0.1) is 22.7 Å². The number of amides is 1. The maximum Gasteiger partial charge on any atom is 0.248 e. The lowest BCUT2D eigenvalue weighted by Gasteiger charge is -2.42. The van der Waals surface area contributed by atoms with Gasteiger partial charge in [0.25, 0.3) is 0 Å². The summed E-state index contributed by atoms with van der Waals surface area (Å²) in [6.45, 7) is 8.59. The van der Waals surface area contributed by atoms with Gasteiger partial charge in [-0.2, -0.15) is 5.26 Å². The van der Waals surface area contributed by atoms with Crippen molar-refractivity contribution in [3.8, 4) is 6.07 Å². The Hall–Kier alpha value is -1.61. The van der Waals surface area contributed by atoms with Crippen molar-refractivity contribution in [3.05, 3.63) is 11.1 Å². The normalized spacial score (nSPS) is 21.1. The highest BCUT2D eigenvalue weighted by molar-refractivity contribution is 7.16. The highest BCUT2D eigenvalue weighted by Crippen LogP contribution is 2.39. The largest absolute Gasteiger partial charge is 0.347 e. The molecule has 1 aliphatic heterocycles. The minimum absolute atomic E-state index is 0.228. The van der Waals surface area contributed by atoms with E-state index in [0.717, 1.165) is 51.6 Å². The van der Waals surface area contributed by atoms with E-state index in [-0.39, 0.29) is 5.91 Å². The van der Waals surface area contributed by atoms with Crippen LogP contribution in [0.15, 0.2) is 6.20 Å². The highest BCUT2D eigenvalue weighted by atomic mass is 32.1. The third-order valence-electron chi connectivity index (χ3n) is 5.84. The first-order chi connectivity index (χ1) is 11.8. The Balaban J connectivity index is 1.70. The summed E-state index contributed by atoms with van der Waals surface area (Å²) < 4.78 is 0. The molecule has 1 N–H and O–H groups in total. The number of nitrogens with zero attached hydrogens (tertiary/aromatic N) is 3. The van der Waals surface area contributed by atoms with Crippen molar-refractivity contribution in [2.24, 2.45) is 11.3 Å². The van der Waals surface area contributed by atoms with Crippen molar-refractivity contribution < 1.29 is 4.79 Å². The molecular formula is C19H28N4OS. The van der Waals surface area contributed by atoms with E-state index in [1.165, 1.54) is 11.3 Å². The van der Waals surface area contributed by atoms with Gasteiger partial charge in [-0.05, 0) is 37.0 Å². The Morgan fingerprint density at radius 1 is 1.36 bits per heavy atom. The Morgan fingerprint density at radius 3 is 2.52 bits per heavy atom. The van der Waals surface area contributed by atoms with Crippen LogP contribution in [-0.2, 0) is 4.79 Å². The molecule has 5 nitrogen and oxygen atoms in total. The number of likely N-dealkylation sites (tertiary alicyclic amines) is 1. The predicted molar refractivity (Wildman–Crippen MR) is 100 cm³/mol. The average molecular weight is 361 g/mol. The first kappa shape index (κ1) is 18.2. The van der Waals surface area contributed by atoms with E-state index in [9.17, 15) is 4.79 Å². The molecule has 0 aromatic carbocycles. The fourth-order valence-electron chi connectivity index (χ4n) is 4.21. The van der Waals surface area contributed by atoms with Crippen LogP contribution in [-0.4, -0.2) is 34.4 Å². The molecule has 1 aromatic heterocycles. The highest BCUT2D eigenvalue weighted by Gasteiger charge is 2.45. The summed E-state index contributed by atoms with van der Waals surface area (Å²) in [4.78, 5) is 20.2. The zero-order chi connectivity index (χ0) is 18.1. The number of nitrogens with one attached hydrogen (secondary N) is 1. The molecule has 0 spiro atoms. The van der Waals surface area contributed by atoms with Crippen LogP contribution in [0.4, 0.5) is 5.13 Å². The summed E-state index contributed by atoms with van der Waals surface area (Å²) >= 11 is 1.33. The third kappa shape index (κ3) is 3.82. The van der Waals surface area contributed by atoms with E-state index in [1.54, 1.807) is 6.20 Å². The minimum Gasteiger partial charge on any atom is -0.347 e. The zero-order valence-electron chi connectivity index (χ0n) is 15.5. The van der Waals surface area contributed by atoms with Crippen LogP contribution in [0.25, 0.3) is 0 Å². The van der Waals surface area contributed by atoms with Crippen LogP contribution in [0.3, 0.4) is 0 Å². The van der Waals surface area contributed by atoms with Gasteiger partial charge in [-0.25, -0.2) is 4.98 Å². The molecule has 2 fully saturated rings. The molecule has 1 aromatic rings. The van der Waals surface area contributed by atoms with Crippen LogP contribution in [0.1, 0.15) is 64.2 Å². The standard InChI is InChI=1S/C19H28N4OS/c1-18(2,3)14-6-10-23(11-7-14)16(24)19(8-4-5-9-19)22-17-21-13-15(12-20)25-17/h13-14H,4-11H2,1-3H3,(H,21,22). The number of piperidine rings is 1. The van der Waals surface area contributed by atoms with Crippen molar-refractivity contribution in [1.82, 2.24) is 9.88 Å². The molecular weight excluding hydrogens is 332 g/mol. The van der Waals surface area contributed by atoms with Gasteiger partial charge in [-0.1, -0.05) is 44.9 Å². The molecule has 0 radical (unpaired) electrons. The Bertz CT molecular complexity index is 656. The van der Waals surface area contributed by atoms with Crippen molar-refractivity contribution in [3.63, 3.8) is 0 Å². The summed E-state index contributed by atoms with van der Waals surface area (Å²) in [5.41, 5.74) is -0.216. The monoisotopic (exact) mass is 360 g/mol. The molecule has 136 valence electrons. The van der Waals surface area contributed by atoms with Gasteiger partial charge in [0.2, 0.25) is 5.91 Å². The van der Waals surface area contributed by atoms with Crippen LogP contribution in [0.2, 0.25) is 0 Å². The number of hydrogen-bond acceptors (Lipinski definition) is 5. The predicted octanol–water partition coefficient (Wildman–Crippen LogP) is 4.02. The van der Waals surface area contributed by atoms with Gasteiger partial charge in [0.1, 0.15) is 16.5 Å². The molecule has 2 aliphatic rings. The molecule has 6 heteroatoms. The van der Waals surface area contributed by atoms with Gasteiger partial charge in [-0.15, -0.1) is 0 Å². The van der Waals surface area contributed by atoms with Crippen LogP contribution in [0.5, 0.6) is 0 Å². The van der Waals surface area contributed by atoms with E-state index in [1.807, 2.05) is 0 Å². The van der Waals surface area contributed by atoms with E-state index in [4.69, 9.17) is 5.26 Å². The van der Waals surface area contributed by atoms with Gasteiger partial charge in [0.15, 0.2) is 5.13 Å². The van der Waals surface area contributed by atoms with E-state index in [2.05, 4.69) is 42.0 Å². The van der Waals surface area contributed by atoms with Gasteiger partial charge >= 0.3 is 0 Å². The Morgan fingerprint density at radius 2 is 2.00 bits per heavy atom. The summed E-state index contributed by atoms with van der Waals surface area (Å²) in [6.07, 6.45) is 7.58. The fourth-order valence-corrected chi connectivity index (χ4v) is 4.92. The fraction of sp³-hybridized carbons (Fsp3) is 0.737. The third-order valence-corrected chi connectivity index (χ3v) is 6.65. The topological polar surface area (TPSA) is 69.0 Å². The van der Waals surface area contributed by atoms with E-state index in [0.29, 0.717) is 21.3 Å². The maximum absolute atomic E-state index is 13.3. The second-order valence-corrected chi connectivity index (χ2v) is 9.52. The second kappa shape index (κ2) is 6.95. The lowest BCUT2D eigenvalue weighted by Crippen LogP contribution is -2.54. The SMILES string of the molecule is CC(C)(C)C1CCN(C(=O)C2(Nc3ncc(C#N)s3)CCCC2)CC1. The molecule has 1 aliphatic carbocycles. The molecule has 0 bridgehead atoms. The van der Waals surface area contributed by atoms with Crippen LogP contribution >= 0.6 is 11.3 Å². The first-order valence-electron chi connectivity index (χ1n) is 9.27. The summed E-state index contributed by atoms with van der Waals surface area (Å²) in [6, 6.07) is 2.12. The number of rotatable bonds is 3. The van der Waals surface area contributed by atoms with Gasteiger partial charge in [-0.3, -0.25) is 4.79 Å². The average Bonchev–Trinajstić information content (AvgIpc) is 3.24. The van der Waals surface area contributed by atoms with E-state index >= 15 is 0 Å². The van der Waals surface area contributed by atoms with Crippen molar-refractivity contribution in [2.45, 2.75) is 64.8 Å². The van der Waals surface area contributed by atoms with Crippen molar-refractivity contribution >= 4 is 22.4 Å².